The fraction of sp³-hybridized carbons (Fsp3) is 0.906. The molecular weight excluding hydrogens is 797 g/mol. The van der Waals surface area contributed by atoms with Crippen LogP contribution >= 0.6 is 0 Å². The first kappa shape index (κ1) is 51.5. The van der Waals surface area contributed by atoms with E-state index in [1.165, 1.54) is 212 Å². The molecule has 0 bridgehead atoms. The highest BCUT2D eigenvalue weighted by Crippen LogP contribution is 2.52. The van der Waals surface area contributed by atoms with Gasteiger partial charge in [-0.1, -0.05) is 162 Å². The lowest BCUT2D eigenvalue weighted by molar-refractivity contribution is 0.0450. The smallest absolute Gasteiger partial charge is 0.0335 e. The number of nitrogens with one attached hydrogen (secondary N) is 2. The highest BCUT2D eigenvalue weighted by atomic mass is 15.2. The Morgan fingerprint density at radius 3 is 2.26 bits per heavy atom. The van der Waals surface area contributed by atoms with Gasteiger partial charge in [0.1, 0.15) is 0 Å². The minimum absolute atomic E-state index is 0.227. The zero-order valence-corrected chi connectivity index (χ0v) is 45.0. The summed E-state index contributed by atoms with van der Waals surface area (Å²) in [4.78, 5) is 0. The summed E-state index contributed by atoms with van der Waals surface area (Å²) in [5, 5.41) is 9.13. The van der Waals surface area contributed by atoms with Crippen molar-refractivity contribution in [3.63, 3.8) is 0 Å². The number of rotatable bonds is 24. The normalized spacial score (nSPS) is 37.5. The zero-order chi connectivity index (χ0) is 46.0. The van der Waals surface area contributed by atoms with Gasteiger partial charge >= 0.3 is 0 Å². The van der Waals surface area contributed by atoms with Crippen LogP contribution in [-0.2, 0) is 0 Å². The van der Waals surface area contributed by atoms with Gasteiger partial charge in [-0.25, -0.2) is 0 Å². The lowest BCUT2D eigenvalue weighted by Gasteiger charge is -2.56. The Bertz CT molecular complexity index is 1520. The van der Waals surface area contributed by atoms with Gasteiger partial charge in [0, 0.05) is 23.7 Å². The van der Waals surface area contributed by atoms with Crippen LogP contribution in [-0.4, -0.2) is 23.7 Å². The molecule has 2 N–H and O–H groups in total. The van der Waals surface area contributed by atoms with Crippen LogP contribution in [0.5, 0.6) is 0 Å². The molecule has 376 valence electrons. The molecule has 1 heterocycles. The molecule has 2 nitrogen and oxygen atoms in total. The van der Waals surface area contributed by atoms with Gasteiger partial charge in [0.25, 0.3) is 0 Å². The van der Waals surface area contributed by atoms with Gasteiger partial charge < -0.3 is 10.6 Å². The van der Waals surface area contributed by atoms with Crippen molar-refractivity contribution in [1.29, 1.82) is 0 Å². The average Bonchev–Trinajstić information content (AvgIpc) is 4.14. The van der Waals surface area contributed by atoms with E-state index in [0.29, 0.717) is 12.1 Å². The predicted molar refractivity (Wildman–Crippen MR) is 287 cm³/mol. The summed E-state index contributed by atoms with van der Waals surface area (Å²) in [6.07, 6.45) is 58.2. The summed E-state index contributed by atoms with van der Waals surface area (Å²) >= 11 is 0. The molecule has 0 radical (unpaired) electrons. The Kier molecular flexibility index (Phi) is 19.5. The summed E-state index contributed by atoms with van der Waals surface area (Å²) in [6.45, 7) is 17.8. The number of hydrogen-bond donors (Lipinski definition) is 2. The minimum atomic E-state index is 0.227. The molecule has 7 aliphatic carbocycles. The molecule has 0 amide bonds. The zero-order valence-electron chi connectivity index (χ0n) is 45.0. The van der Waals surface area contributed by atoms with E-state index in [4.69, 9.17) is 0 Å². The Balaban J connectivity index is 0.909. The third kappa shape index (κ3) is 13.3. The maximum atomic E-state index is 4.67. The Morgan fingerprint density at radius 2 is 1.50 bits per heavy atom. The Hall–Kier alpha value is -0.860. The van der Waals surface area contributed by atoms with Crippen molar-refractivity contribution in [2.75, 3.05) is 0 Å². The summed E-state index contributed by atoms with van der Waals surface area (Å²) in [5.74, 6) is 12.6. The standard InChI is InChI=1S/C64H110N2/c1-8-19-59-58(29-18-30-60(59)56-27-14-11-21-48(56)7)54-26-16-25-53(43-54)51-36-38-55(39-37-51)66-64(9-2,63-44-62(65-63)61-31-17-24-52-23-13-15-28-57(52)61)41-40-47(6)50(35-32-45(3)4)22-12-10-20-46(5)42-49-33-34-49/h16,24,26,43,45-51,53,55-63,65-66H,8-15,17-23,25,27-42,44H2,1-7H3. The van der Waals surface area contributed by atoms with Crippen molar-refractivity contribution in [2.24, 2.45) is 82.9 Å². The van der Waals surface area contributed by atoms with Crippen LogP contribution in [0.4, 0.5) is 0 Å². The van der Waals surface area contributed by atoms with Crippen LogP contribution in [0.15, 0.2) is 35.5 Å². The van der Waals surface area contributed by atoms with E-state index in [2.05, 4.69) is 83.4 Å². The molecule has 0 aromatic carbocycles. The molecule has 0 aromatic rings. The van der Waals surface area contributed by atoms with Crippen LogP contribution in [0.1, 0.15) is 260 Å². The molecule has 14 unspecified atom stereocenters. The van der Waals surface area contributed by atoms with Gasteiger partial charge in [0.2, 0.25) is 0 Å². The SMILES string of the molecule is CCCC1C(C2=CC(C3CCC(NC(CC)(CCC(C)C(CCCCC(C)CC4CC4)CCC(C)C)C4CC(C5CCC=C6CCCCC65)N4)CC3)CC=C2)CCCC1C1CCCCC1C. The van der Waals surface area contributed by atoms with Gasteiger partial charge in [-0.05, 0) is 217 Å². The first-order valence-electron chi connectivity index (χ1n) is 30.7. The molecule has 5 saturated carbocycles. The first-order valence-corrected chi connectivity index (χ1v) is 30.7. The summed E-state index contributed by atoms with van der Waals surface area (Å²) in [6, 6.07) is 2.06. The van der Waals surface area contributed by atoms with Crippen molar-refractivity contribution in [2.45, 2.75) is 284 Å². The van der Waals surface area contributed by atoms with Gasteiger partial charge in [-0.15, -0.1) is 0 Å². The van der Waals surface area contributed by atoms with Crippen LogP contribution in [0.3, 0.4) is 0 Å². The first-order chi connectivity index (χ1) is 32.1. The Labute approximate surface area is 411 Å². The molecule has 0 aromatic heterocycles. The average molecular weight is 908 g/mol. The monoisotopic (exact) mass is 907 g/mol. The second-order valence-electron chi connectivity index (χ2n) is 26.6. The second kappa shape index (κ2) is 25.0. The molecule has 0 spiro atoms. The molecule has 8 aliphatic rings. The molecular formula is C64H110N2. The molecule has 1 aliphatic heterocycles. The van der Waals surface area contributed by atoms with Gasteiger partial charge in [0.05, 0.1) is 0 Å². The van der Waals surface area contributed by atoms with Gasteiger partial charge in [-0.3, -0.25) is 0 Å². The lowest BCUT2D eigenvalue weighted by atomic mass is 9.58. The third-order valence-electron chi connectivity index (χ3n) is 21.7. The maximum absolute atomic E-state index is 4.67. The molecule has 8 rings (SSSR count). The van der Waals surface area contributed by atoms with Crippen LogP contribution in [0, 0.1) is 82.9 Å². The van der Waals surface area contributed by atoms with Crippen LogP contribution in [0.25, 0.3) is 0 Å². The largest absolute Gasteiger partial charge is 0.309 e. The van der Waals surface area contributed by atoms with Crippen LogP contribution < -0.4 is 10.6 Å². The summed E-state index contributed by atoms with van der Waals surface area (Å²) < 4.78 is 0. The third-order valence-corrected chi connectivity index (χ3v) is 21.7. The van der Waals surface area contributed by atoms with Crippen LogP contribution in [0.2, 0.25) is 0 Å². The summed E-state index contributed by atoms with van der Waals surface area (Å²) in [7, 11) is 0. The molecule has 6 fully saturated rings. The molecule has 66 heavy (non-hydrogen) atoms. The van der Waals surface area contributed by atoms with Crippen molar-refractivity contribution in [3.05, 3.63) is 35.5 Å². The second-order valence-corrected chi connectivity index (χ2v) is 26.6. The Morgan fingerprint density at radius 1 is 0.742 bits per heavy atom. The number of fused-ring (bicyclic) bond motifs is 1. The fourth-order valence-electron chi connectivity index (χ4n) is 17.3. The topological polar surface area (TPSA) is 24.1 Å². The van der Waals surface area contributed by atoms with Gasteiger partial charge in [0.15, 0.2) is 0 Å². The van der Waals surface area contributed by atoms with E-state index in [9.17, 15) is 0 Å². The van der Waals surface area contributed by atoms with E-state index in [0.717, 1.165) is 88.9 Å². The maximum Gasteiger partial charge on any atom is 0.0335 e. The predicted octanol–water partition coefficient (Wildman–Crippen LogP) is 18.2. The summed E-state index contributed by atoms with van der Waals surface area (Å²) in [5.41, 5.74) is 3.86. The fourth-order valence-corrected chi connectivity index (χ4v) is 17.3. The van der Waals surface area contributed by atoms with E-state index in [-0.39, 0.29) is 5.54 Å². The lowest BCUT2D eigenvalue weighted by Crippen LogP contribution is -2.72. The number of unbranched alkanes of at least 4 members (excludes halogenated alkanes) is 1. The van der Waals surface area contributed by atoms with Crippen molar-refractivity contribution < 1.29 is 0 Å². The van der Waals surface area contributed by atoms with E-state index in [1.54, 1.807) is 5.57 Å². The van der Waals surface area contributed by atoms with Crippen molar-refractivity contribution >= 4 is 0 Å². The molecule has 14 atom stereocenters. The molecule has 1 saturated heterocycles. The quantitative estimate of drug-likeness (QED) is 0.0745. The minimum Gasteiger partial charge on any atom is -0.309 e. The number of allylic oxidation sites excluding steroid dienone is 6. The highest BCUT2D eigenvalue weighted by molar-refractivity contribution is 5.29. The van der Waals surface area contributed by atoms with E-state index in [1.807, 2.05) is 5.57 Å². The van der Waals surface area contributed by atoms with Crippen molar-refractivity contribution in [3.8, 4) is 0 Å². The van der Waals surface area contributed by atoms with E-state index < -0.39 is 0 Å². The van der Waals surface area contributed by atoms with Crippen molar-refractivity contribution in [1.82, 2.24) is 10.6 Å². The van der Waals surface area contributed by atoms with Gasteiger partial charge in [-0.2, -0.15) is 0 Å². The highest BCUT2D eigenvalue weighted by Gasteiger charge is 2.50. The molecule has 2 heteroatoms. The van der Waals surface area contributed by atoms with E-state index >= 15 is 0 Å². The number of hydrogen-bond acceptors (Lipinski definition) is 2.